The summed E-state index contributed by atoms with van der Waals surface area (Å²) in [5, 5.41) is 9.90. The summed E-state index contributed by atoms with van der Waals surface area (Å²) in [6.45, 7) is 1.33. The van der Waals surface area contributed by atoms with E-state index in [1.54, 1.807) is 35.7 Å². The number of hydrogen-bond donors (Lipinski definition) is 2. The molecule has 0 unspecified atom stereocenters. The number of urea groups is 1. The average Bonchev–Trinajstić information content (AvgIpc) is 3.36. The summed E-state index contributed by atoms with van der Waals surface area (Å²) in [5.74, 6) is 0.484. The normalized spacial score (nSPS) is 10.6. The zero-order valence-corrected chi connectivity index (χ0v) is 15.1. The number of amides is 2. The first-order valence-corrected chi connectivity index (χ1v) is 8.80. The first-order valence-electron chi connectivity index (χ1n) is 8.80. The number of imidazole rings is 1. The molecule has 1 aromatic carbocycles. The van der Waals surface area contributed by atoms with Crippen molar-refractivity contribution >= 4 is 17.5 Å². The third kappa shape index (κ3) is 4.61. The molecule has 2 N–H and O–H groups in total. The van der Waals surface area contributed by atoms with E-state index in [9.17, 15) is 4.79 Å². The van der Waals surface area contributed by atoms with Gasteiger partial charge in [-0.25, -0.2) is 9.78 Å². The molecule has 8 nitrogen and oxygen atoms in total. The van der Waals surface area contributed by atoms with Crippen molar-refractivity contribution in [1.29, 1.82) is 0 Å². The minimum atomic E-state index is -0.339. The summed E-state index contributed by atoms with van der Waals surface area (Å²) >= 11 is 0. The van der Waals surface area contributed by atoms with Crippen molar-refractivity contribution in [2.45, 2.75) is 13.1 Å². The molecule has 0 saturated carbocycles. The van der Waals surface area contributed by atoms with Gasteiger partial charge in [0, 0.05) is 49.3 Å². The Bertz CT molecular complexity index is 1020. The molecule has 2 amide bonds. The summed E-state index contributed by atoms with van der Waals surface area (Å²) in [5.41, 5.74) is 2.87. The Labute approximate surface area is 161 Å². The SMILES string of the molecule is O=C(Nc1ccc(Cn2ccnc2)cc1)Nc1ccn(Cc2cccnc2)n1. The number of anilines is 2. The first kappa shape index (κ1) is 17.5. The van der Waals surface area contributed by atoms with Gasteiger partial charge in [-0.1, -0.05) is 18.2 Å². The molecule has 0 bridgehead atoms. The number of pyridine rings is 1. The van der Waals surface area contributed by atoms with Crippen LogP contribution in [-0.2, 0) is 13.1 Å². The Kier molecular flexibility index (Phi) is 5.10. The monoisotopic (exact) mass is 373 g/mol. The van der Waals surface area contributed by atoms with Gasteiger partial charge in [-0.15, -0.1) is 0 Å². The van der Waals surface area contributed by atoms with Gasteiger partial charge in [-0.3, -0.25) is 15.0 Å². The lowest BCUT2D eigenvalue weighted by Gasteiger charge is -2.07. The number of rotatable bonds is 6. The van der Waals surface area contributed by atoms with Crippen LogP contribution < -0.4 is 10.6 Å². The number of nitrogens with zero attached hydrogens (tertiary/aromatic N) is 5. The fourth-order valence-corrected chi connectivity index (χ4v) is 2.76. The van der Waals surface area contributed by atoms with Crippen LogP contribution >= 0.6 is 0 Å². The molecule has 3 aromatic heterocycles. The standard InChI is InChI=1S/C20H19N7O/c28-20(23-18-5-3-16(4-6-18)13-26-11-9-22-15-26)24-19-7-10-27(25-19)14-17-2-1-8-21-12-17/h1-12,15H,13-14H2,(H2,23,24,25,28). The van der Waals surface area contributed by atoms with Gasteiger partial charge in [0.1, 0.15) is 0 Å². The number of aromatic nitrogens is 5. The van der Waals surface area contributed by atoms with E-state index in [1.807, 2.05) is 53.4 Å². The molecular weight excluding hydrogens is 354 g/mol. The maximum absolute atomic E-state index is 12.2. The van der Waals surface area contributed by atoms with Gasteiger partial charge < -0.3 is 9.88 Å². The first-order chi connectivity index (χ1) is 13.7. The van der Waals surface area contributed by atoms with Crippen molar-refractivity contribution in [3.05, 3.63) is 90.9 Å². The summed E-state index contributed by atoms with van der Waals surface area (Å²) in [7, 11) is 0. The molecule has 0 aliphatic heterocycles. The molecule has 0 atom stereocenters. The van der Waals surface area contributed by atoms with Gasteiger partial charge in [-0.2, -0.15) is 5.10 Å². The van der Waals surface area contributed by atoms with Gasteiger partial charge >= 0.3 is 6.03 Å². The van der Waals surface area contributed by atoms with Crippen molar-refractivity contribution in [2.24, 2.45) is 0 Å². The van der Waals surface area contributed by atoms with E-state index in [1.165, 1.54) is 0 Å². The summed E-state index contributed by atoms with van der Waals surface area (Å²) in [6.07, 6.45) is 10.8. The van der Waals surface area contributed by atoms with Gasteiger partial charge in [0.15, 0.2) is 5.82 Å². The zero-order chi connectivity index (χ0) is 19.2. The van der Waals surface area contributed by atoms with Crippen molar-refractivity contribution in [3.63, 3.8) is 0 Å². The molecule has 0 saturated heterocycles. The molecule has 0 aliphatic carbocycles. The Morgan fingerprint density at radius 1 is 0.893 bits per heavy atom. The number of hydrogen-bond acceptors (Lipinski definition) is 4. The molecule has 28 heavy (non-hydrogen) atoms. The van der Waals surface area contributed by atoms with Crippen LogP contribution in [0.5, 0.6) is 0 Å². The molecule has 0 spiro atoms. The molecule has 3 heterocycles. The highest BCUT2D eigenvalue weighted by Crippen LogP contribution is 2.12. The third-order valence-corrected chi connectivity index (χ3v) is 4.09. The predicted molar refractivity (Wildman–Crippen MR) is 106 cm³/mol. The topological polar surface area (TPSA) is 89.7 Å². The molecular formula is C20H19N7O. The predicted octanol–water partition coefficient (Wildman–Crippen LogP) is 3.22. The smallest absolute Gasteiger partial charge is 0.324 e. The van der Waals surface area contributed by atoms with Crippen LogP contribution in [0.4, 0.5) is 16.3 Å². The summed E-state index contributed by atoms with van der Waals surface area (Å²) in [6, 6.07) is 13.0. The van der Waals surface area contributed by atoms with Crippen molar-refractivity contribution in [2.75, 3.05) is 10.6 Å². The number of nitrogens with one attached hydrogen (secondary N) is 2. The van der Waals surface area contributed by atoms with Crippen LogP contribution in [0.2, 0.25) is 0 Å². The quantitative estimate of drug-likeness (QED) is 0.543. The van der Waals surface area contributed by atoms with Crippen molar-refractivity contribution < 1.29 is 4.79 Å². The maximum atomic E-state index is 12.2. The van der Waals surface area contributed by atoms with Crippen LogP contribution in [0.1, 0.15) is 11.1 Å². The lowest BCUT2D eigenvalue weighted by atomic mass is 10.2. The van der Waals surface area contributed by atoms with Gasteiger partial charge in [-0.05, 0) is 29.3 Å². The van der Waals surface area contributed by atoms with E-state index >= 15 is 0 Å². The number of carbonyl (C=O) groups excluding carboxylic acids is 1. The van der Waals surface area contributed by atoms with E-state index < -0.39 is 0 Å². The number of benzene rings is 1. The molecule has 0 aliphatic rings. The van der Waals surface area contributed by atoms with Gasteiger partial charge in [0.2, 0.25) is 0 Å². The largest absolute Gasteiger partial charge is 0.333 e. The summed E-state index contributed by atoms with van der Waals surface area (Å²) in [4.78, 5) is 20.3. The highest BCUT2D eigenvalue weighted by Gasteiger charge is 2.06. The molecule has 0 fully saturated rings. The lowest BCUT2D eigenvalue weighted by Crippen LogP contribution is -2.20. The Hall–Kier alpha value is -3.94. The van der Waals surface area contributed by atoms with E-state index in [2.05, 4.69) is 25.7 Å². The fraction of sp³-hybridized carbons (Fsp3) is 0.100. The van der Waals surface area contributed by atoms with Crippen molar-refractivity contribution in [3.8, 4) is 0 Å². The molecule has 140 valence electrons. The fourth-order valence-electron chi connectivity index (χ4n) is 2.76. The maximum Gasteiger partial charge on any atom is 0.324 e. The second-order valence-corrected chi connectivity index (χ2v) is 6.27. The van der Waals surface area contributed by atoms with E-state index in [4.69, 9.17) is 0 Å². The minimum absolute atomic E-state index is 0.339. The second-order valence-electron chi connectivity index (χ2n) is 6.27. The van der Waals surface area contributed by atoms with Crippen LogP contribution in [0.15, 0.2) is 79.8 Å². The van der Waals surface area contributed by atoms with Gasteiger partial charge in [0.05, 0.1) is 12.9 Å². The molecule has 0 radical (unpaired) electrons. The van der Waals surface area contributed by atoms with Crippen LogP contribution in [0.3, 0.4) is 0 Å². The molecule has 4 aromatic rings. The Morgan fingerprint density at radius 3 is 2.54 bits per heavy atom. The average molecular weight is 373 g/mol. The zero-order valence-electron chi connectivity index (χ0n) is 15.1. The van der Waals surface area contributed by atoms with Crippen LogP contribution in [-0.4, -0.2) is 30.3 Å². The third-order valence-electron chi connectivity index (χ3n) is 4.09. The highest BCUT2D eigenvalue weighted by atomic mass is 16.2. The second kappa shape index (κ2) is 8.17. The summed E-state index contributed by atoms with van der Waals surface area (Å²) < 4.78 is 3.73. The molecule has 8 heteroatoms. The lowest BCUT2D eigenvalue weighted by molar-refractivity contribution is 0.262. The van der Waals surface area contributed by atoms with Crippen LogP contribution in [0, 0.1) is 0 Å². The van der Waals surface area contributed by atoms with Gasteiger partial charge in [0.25, 0.3) is 0 Å². The Morgan fingerprint density at radius 2 is 1.79 bits per heavy atom. The van der Waals surface area contributed by atoms with E-state index in [0.717, 1.165) is 17.7 Å². The van der Waals surface area contributed by atoms with Crippen molar-refractivity contribution in [1.82, 2.24) is 24.3 Å². The minimum Gasteiger partial charge on any atom is -0.333 e. The molecule has 4 rings (SSSR count). The van der Waals surface area contributed by atoms with E-state index in [0.29, 0.717) is 18.1 Å². The highest BCUT2D eigenvalue weighted by molar-refractivity contribution is 5.99. The number of carbonyl (C=O) groups is 1. The Balaban J connectivity index is 1.30. The van der Waals surface area contributed by atoms with Crippen LogP contribution in [0.25, 0.3) is 0 Å². The van der Waals surface area contributed by atoms with E-state index in [-0.39, 0.29) is 6.03 Å².